The van der Waals surface area contributed by atoms with Gasteiger partial charge >= 0.3 is 16.7 Å². The summed E-state index contributed by atoms with van der Waals surface area (Å²) in [4.78, 5) is 12.2. The Morgan fingerprint density at radius 3 is 2.23 bits per heavy atom. The molecule has 1 amide bonds. The van der Waals surface area contributed by atoms with Gasteiger partial charge in [-0.05, 0) is 42.5 Å². The van der Waals surface area contributed by atoms with Gasteiger partial charge in [-0.2, -0.15) is 21.6 Å². The van der Waals surface area contributed by atoms with E-state index in [0.29, 0.717) is 0 Å². The van der Waals surface area contributed by atoms with Crippen LogP contribution in [0.3, 0.4) is 0 Å². The van der Waals surface area contributed by atoms with Crippen LogP contribution in [0.15, 0.2) is 42.5 Å². The second-order valence-electron chi connectivity index (χ2n) is 4.90. The maximum absolute atomic E-state index is 12.6. The number of hydrogen-bond donors (Lipinski definition) is 1. The molecule has 0 saturated carbocycles. The molecular weight excluding hydrogens is 378 g/mol. The van der Waals surface area contributed by atoms with E-state index in [9.17, 15) is 30.3 Å². The number of benzene rings is 2. The molecule has 0 fully saturated rings. The fraction of sp³-hybridized carbons (Fsp3) is 0.0625. The van der Waals surface area contributed by atoms with Crippen LogP contribution in [-0.4, -0.2) is 14.3 Å². The van der Waals surface area contributed by atoms with E-state index in [1.54, 1.807) is 0 Å². The van der Waals surface area contributed by atoms with E-state index in [1.807, 2.05) is 0 Å². The molecule has 0 bridgehead atoms. The minimum Gasteiger partial charge on any atom is -0.358 e. The highest BCUT2D eigenvalue weighted by Crippen LogP contribution is 2.30. The number of carbonyl (C=O) groups excluding carboxylic acids is 1. The van der Waals surface area contributed by atoms with Crippen LogP contribution in [0.25, 0.3) is 0 Å². The summed E-state index contributed by atoms with van der Waals surface area (Å²) in [6.45, 7) is 0. The second-order valence-corrected chi connectivity index (χ2v) is 5.85. The molecule has 0 aliphatic rings. The molecule has 0 spiro atoms. The van der Waals surface area contributed by atoms with Crippen LogP contribution in [-0.2, 0) is 16.7 Å². The Balaban J connectivity index is 2.26. The van der Waals surface area contributed by atoms with Crippen LogP contribution in [0, 0.1) is 12.3 Å². The zero-order valence-electron chi connectivity index (χ0n) is 12.7. The first-order chi connectivity index (χ1) is 12.0. The maximum atomic E-state index is 12.6. The van der Waals surface area contributed by atoms with Crippen LogP contribution in [0.2, 0.25) is 0 Å². The third-order valence-corrected chi connectivity index (χ3v) is 3.39. The molecule has 10 heteroatoms. The molecular formula is C16H9F4NO4S. The third-order valence-electron chi connectivity index (χ3n) is 3.00. The number of hydrogen-bond acceptors (Lipinski definition) is 4. The molecule has 0 atom stereocenters. The molecule has 5 nitrogen and oxygen atoms in total. The van der Waals surface area contributed by atoms with Crippen molar-refractivity contribution < 1.29 is 34.5 Å². The summed E-state index contributed by atoms with van der Waals surface area (Å²) in [7, 11) is -5.33. The van der Waals surface area contributed by atoms with E-state index in [0.717, 1.165) is 36.4 Å². The predicted molar refractivity (Wildman–Crippen MR) is 84.4 cm³/mol. The lowest BCUT2D eigenvalue weighted by molar-refractivity contribution is -0.137. The monoisotopic (exact) mass is 387 g/mol. The zero-order chi connectivity index (χ0) is 19.5. The Morgan fingerprint density at radius 1 is 1.12 bits per heavy atom. The fourth-order valence-corrected chi connectivity index (χ4v) is 2.25. The first-order valence-electron chi connectivity index (χ1n) is 6.72. The van der Waals surface area contributed by atoms with Gasteiger partial charge in [0.25, 0.3) is 5.91 Å². The summed E-state index contributed by atoms with van der Waals surface area (Å²) in [5.41, 5.74) is -0.994. The molecule has 136 valence electrons. The minimum absolute atomic E-state index is 0.0312. The Hall–Kier alpha value is -3.06. The maximum Gasteiger partial charge on any atom is 0.488 e. The van der Waals surface area contributed by atoms with Gasteiger partial charge in [0.05, 0.1) is 5.56 Å². The van der Waals surface area contributed by atoms with Gasteiger partial charge in [0.1, 0.15) is 5.75 Å². The highest BCUT2D eigenvalue weighted by molar-refractivity contribution is 7.81. The molecule has 0 heterocycles. The molecule has 0 aliphatic carbocycles. The van der Waals surface area contributed by atoms with Crippen LogP contribution in [0.5, 0.6) is 5.75 Å². The van der Waals surface area contributed by atoms with Gasteiger partial charge in [0.15, 0.2) is 0 Å². The average molecular weight is 387 g/mol. The topological polar surface area (TPSA) is 72.5 Å². The summed E-state index contributed by atoms with van der Waals surface area (Å²) < 4.78 is 75.3. The van der Waals surface area contributed by atoms with Crippen molar-refractivity contribution in [2.24, 2.45) is 0 Å². The summed E-state index contributed by atoms with van der Waals surface area (Å²) in [5.74, 6) is 0.790. The highest BCUT2D eigenvalue weighted by Gasteiger charge is 2.30. The number of amides is 1. The van der Waals surface area contributed by atoms with Gasteiger partial charge in [0.2, 0.25) is 0 Å². The van der Waals surface area contributed by atoms with E-state index in [1.165, 1.54) is 6.07 Å². The number of halogens is 4. The van der Waals surface area contributed by atoms with Crippen molar-refractivity contribution in [3.8, 4) is 18.1 Å². The van der Waals surface area contributed by atoms with E-state index in [4.69, 9.17) is 6.42 Å². The molecule has 0 aromatic heterocycles. The summed E-state index contributed by atoms with van der Waals surface area (Å²) >= 11 is 0. The molecule has 2 rings (SSSR count). The van der Waals surface area contributed by atoms with Crippen LogP contribution in [0.4, 0.5) is 22.7 Å². The van der Waals surface area contributed by atoms with E-state index in [-0.39, 0.29) is 16.8 Å². The van der Waals surface area contributed by atoms with Crippen molar-refractivity contribution in [1.82, 2.24) is 0 Å². The Labute approximate surface area is 146 Å². The van der Waals surface area contributed by atoms with Gasteiger partial charge < -0.3 is 9.50 Å². The zero-order valence-corrected chi connectivity index (χ0v) is 13.5. The number of terminal acetylenes is 1. The number of alkyl halides is 3. The smallest absolute Gasteiger partial charge is 0.358 e. The van der Waals surface area contributed by atoms with Crippen molar-refractivity contribution in [3.05, 3.63) is 59.2 Å². The van der Waals surface area contributed by atoms with Gasteiger partial charge in [-0.1, -0.05) is 9.81 Å². The molecule has 0 unspecified atom stereocenters. The number of nitrogens with one attached hydrogen (secondary N) is 1. The molecule has 1 N–H and O–H groups in total. The predicted octanol–water partition coefficient (Wildman–Crippen LogP) is 3.53. The largest absolute Gasteiger partial charge is 0.488 e. The van der Waals surface area contributed by atoms with Gasteiger partial charge in [0, 0.05) is 16.8 Å². The lowest BCUT2D eigenvalue weighted by atomic mass is 10.1. The molecule has 0 aliphatic heterocycles. The standard InChI is InChI=1S/C16H9F4NO4S/c1-2-10-7-11(9-14(8-10)25-26(20,23)24)15(22)21-13-5-3-12(4-6-13)16(17,18)19/h1,3-9H,(H,21,22). The van der Waals surface area contributed by atoms with Gasteiger partial charge in [-0.15, -0.1) is 6.42 Å². The summed E-state index contributed by atoms with van der Waals surface area (Å²) in [5, 5.41) is 2.30. The lowest BCUT2D eigenvalue weighted by Gasteiger charge is -2.10. The third kappa shape index (κ3) is 5.22. The van der Waals surface area contributed by atoms with Gasteiger partial charge in [-0.25, -0.2) is 0 Å². The Bertz CT molecular complexity index is 977. The Kier molecular flexibility index (Phi) is 5.22. The first-order valence-corrected chi connectivity index (χ1v) is 8.03. The number of carbonyl (C=O) groups is 1. The number of rotatable bonds is 4. The van der Waals surface area contributed by atoms with E-state index < -0.39 is 33.9 Å². The van der Waals surface area contributed by atoms with Crippen molar-refractivity contribution in [2.75, 3.05) is 5.32 Å². The molecule has 2 aromatic carbocycles. The van der Waals surface area contributed by atoms with E-state index in [2.05, 4.69) is 15.4 Å². The molecule has 2 aromatic rings. The SMILES string of the molecule is C#Cc1cc(OS(=O)(=O)F)cc(C(=O)Nc2ccc(C(F)(F)F)cc2)c1. The van der Waals surface area contributed by atoms with Crippen molar-refractivity contribution in [2.45, 2.75) is 6.18 Å². The van der Waals surface area contributed by atoms with Crippen molar-refractivity contribution in [1.29, 1.82) is 0 Å². The van der Waals surface area contributed by atoms with Crippen LogP contribution < -0.4 is 9.50 Å². The number of anilines is 1. The van der Waals surface area contributed by atoms with Gasteiger partial charge in [-0.3, -0.25) is 4.79 Å². The van der Waals surface area contributed by atoms with Crippen molar-refractivity contribution >= 4 is 22.1 Å². The minimum atomic E-state index is -5.33. The lowest BCUT2D eigenvalue weighted by Crippen LogP contribution is -2.13. The highest BCUT2D eigenvalue weighted by atomic mass is 32.3. The normalized spacial score (nSPS) is 11.5. The summed E-state index contributed by atoms with van der Waals surface area (Å²) in [6.07, 6.45) is 0.654. The molecule has 0 radical (unpaired) electrons. The Morgan fingerprint density at radius 2 is 1.73 bits per heavy atom. The van der Waals surface area contributed by atoms with Crippen molar-refractivity contribution in [3.63, 3.8) is 0 Å². The average Bonchev–Trinajstić information content (AvgIpc) is 2.52. The molecule has 0 saturated heterocycles. The summed E-state index contributed by atoms with van der Waals surface area (Å²) in [6, 6.07) is 6.75. The quantitative estimate of drug-likeness (QED) is 0.495. The second kappa shape index (κ2) is 7.05. The first kappa shape index (κ1) is 19.3. The van der Waals surface area contributed by atoms with Crippen LogP contribution in [0.1, 0.15) is 21.5 Å². The van der Waals surface area contributed by atoms with Crippen LogP contribution >= 0.6 is 0 Å². The fourth-order valence-electron chi connectivity index (χ4n) is 1.92. The molecule has 26 heavy (non-hydrogen) atoms. The van der Waals surface area contributed by atoms with E-state index >= 15 is 0 Å².